The van der Waals surface area contributed by atoms with Gasteiger partial charge in [0.15, 0.2) is 0 Å². The van der Waals surface area contributed by atoms with E-state index in [1.165, 1.54) is 51.7 Å². The van der Waals surface area contributed by atoms with Gasteiger partial charge in [-0.25, -0.2) is 0 Å². The lowest BCUT2D eigenvalue weighted by Crippen LogP contribution is -2.20. The van der Waals surface area contributed by atoms with Crippen LogP contribution in [0.5, 0.6) is 0 Å². The Morgan fingerprint density at radius 1 is 1.09 bits per heavy atom. The molecule has 0 aliphatic carbocycles. The molecule has 1 saturated heterocycles. The third-order valence-electron chi connectivity index (χ3n) is 2.79. The molecule has 0 aromatic rings. The molecule has 2 aliphatic heterocycles. The lowest BCUT2D eigenvalue weighted by Gasteiger charge is -2.12. The Balaban J connectivity index is 2.00. The summed E-state index contributed by atoms with van der Waals surface area (Å²) in [7, 11) is 0. The number of rotatable bonds is 0. The molecule has 1 heteroatoms. The van der Waals surface area contributed by atoms with E-state index >= 15 is 0 Å². The molecule has 0 amide bonds. The van der Waals surface area contributed by atoms with Gasteiger partial charge in [-0.15, -0.1) is 0 Å². The van der Waals surface area contributed by atoms with Gasteiger partial charge in [-0.1, -0.05) is 18.1 Å². The maximum atomic E-state index is 2.59. The van der Waals surface area contributed by atoms with Crippen molar-refractivity contribution >= 4 is 0 Å². The van der Waals surface area contributed by atoms with Crippen LogP contribution in [0, 0.1) is 0 Å². The molecule has 0 N–H and O–H groups in total. The average molecular weight is 151 g/mol. The van der Waals surface area contributed by atoms with Crippen molar-refractivity contribution in [3.8, 4) is 0 Å². The Morgan fingerprint density at radius 3 is 3.09 bits per heavy atom. The first-order chi connectivity index (χ1) is 5.45. The van der Waals surface area contributed by atoms with Crippen LogP contribution in [0.1, 0.15) is 32.1 Å². The van der Waals surface area contributed by atoms with Gasteiger partial charge in [0.05, 0.1) is 0 Å². The molecule has 1 fully saturated rings. The van der Waals surface area contributed by atoms with Gasteiger partial charge in [-0.3, -0.25) is 4.90 Å². The minimum atomic E-state index is 1.28. The summed E-state index contributed by atoms with van der Waals surface area (Å²) in [6.07, 6.45) is 9.42. The van der Waals surface area contributed by atoms with Crippen LogP contribution < -0.4 is 0 Å². The molecular weight excluding hydrogens is 134 g/mol. The standard InChI is InChI=1S/C10H17N/c1-2-4-7-11-8-6-10(9-11)5-3-1/h5H,1-4,6-9H2/b10-5-. The zero-order valence-corrected chi connectivity index (χ0v) is 7.18. The molecule has 11 heavy (non-hydrogen) atoms. The SMILES string of the molecule is C1=C2/CCN(CCCCC/1)C2. The van der Waals surface area contributed by atoms with Gasteiger partial charge in [0.25, 0.3) is 0 Å². The molecule has 0 aromatic heterocycles. The van der Waals surface area contributed by atoms with Crippen molar-refractivity contribution in [3.05, 3.63) is 11.6 Å². The molecule has 2 bridgehead atoms. The second kappa shape index (κ2) is 3.40. The zero-order valence-electron chi connectivity index (χ0n) is 7.18. The Labute approximate surface area is 69.1 Å². The van der Waals surface area contributed by atoms with E-state index in [-0.39, 0.29) is 0 Å². The zero-order chi connectivity index (χ0) is 7.52. The number of nitrogens with zero attached hydrogens (tertiary/aromatic N) is 1. The maximum Gasteiger partial charge on any atom is 0.0193 e. The molecule has 2 heterocycles. The predicted molar refractivity (Wildman–Crippen MR) is 47.6 cm³/mol. The van der Waals surface area contributed by atoms with Crippen molar-refractivity contribution in [1.82, 2.24) is 4.90 Å². The van der Waals surface area contributed by atoms with Crippen molar-refractivity contribution in [2.75, 3.05) is 19.6 Å². The third kappa shape index (κ3) is 1.84. The van der Waals surface area contributed by atoms with Gasteiger partial charge in [-0.2, -0.15) is 0 Å². The quantitative estimate of drug-likeness (QED) is 0.480. The van der Waals surface area contributed by atoms with Crippen LogP contribution in [0.3, 0.4) is 0 Å². The van der Waals surface area contributed by atoms with Gasteiger partial charge in [0.2, 0.25) is 0 Å². The van der Waals surface area contributed by atoms with Crippen LogP contribution >= 0.6 is 0 Å². The first-order valence-corrected chi connectivity index (χ1v) is 4.85. The fraction of sp³-hybridized carbons (Fsp3) is 0.800. The molecule has 1 unspecified atom stereocenters. The Kier molecular flexibility index (Phi) is 2.27. The Hall–Kier alpha value is -0.300. The summed E-state index contributed by atoms with van der Waals surface area (Å²) in [5.74, 6) is 0. The van der Waals surface area contributed by atoms with E-state index < -0.39 is 0 Å². The van der Waals surface area contributed by atoms with E-state index in [0.29, 0.717) is 0 Å². The van der Waals surface area contributed by atoms with Crippen molar-refractivity contribution < 1.29 is 0 Å². The van der Waals surface area contributed by atoms with E-state index in [2.05, 4.69) is 11.0 Å². The molecule has 1 nitrogen and oxygen atoms in total. The summed E-state index contributed by atoms with van der Waals surface area (Å²) in [6, 6.07) is 0. The maximum absolute atomic E-state index is 2.59. The van der Waals surface area contributed by atoms with Crippen LogP contribution in [-0.2, 0) is 0 Å². The second-order valence-corrected chi connectivity index (χ2v) is 3.74. The number of hydrogen-bond donors (Lipinski definition) is 0. The molecule has 0 spiro atoms. The average Bonchev–Trinajstić information content (AvgIpc) is 2.49. The Bertz CT molecular complexity index is 160. The first-order valence-electron chi connectivity index (χ1n) is 4.85. The van der Waals surface area contributed by atoms with Gasteiger partial charge in [0.1, 0.15) is 0 Å². The van der Waals surface area contributed by atoms with E-state index in [1.807, 2.05) is 0 Å². The highest BCUT2D eigenvalue weighted by Crippen LogP contribution is 2.19. The largest absolute Gasteiger partial charge is 0.299 e. The minimum Gasteiger partial charge on any atom is -0.299 e. The summed E-state index contributed by atoms with van der Waals surface area (Å²) >= 11 is 0. The highest BCUT2D eigenvalue weighted by molar-refractivity contribution is 5.09. The number of allylic oxidation sites excluding steroid dienone is 1. The van der Waals surface area contributed by atoms with Gasteiger partial charge < -0.3 is 0 Å². The first kappa shape index (κ1) is 7.35. The highest BCUT2D eigenvalue weighted by Gasteiger charge is 2.15. The molecule has 2 rings (SSSR count). The summed E-state index contributed by atoms with van der Waals surface area (Å²) < 4.78 is 0. The van der Waals surface area contributed by atoms with Crippen molar-refractivity contribution in [2.45, 2.75) is 32.1 Å². The number of fused-ring (bicyclic) bond motifs is 2. The van der Waals surface area contributed by atoms with E-state index in [4.69, 9.17) is 0 Å². The summed E-state index contributed by atoms with van der Waals surface area (Å²) in [5.41, 5.74) is 1.70. The predicted octanol–water partition coefficient (Wildman–Crippen LogP) is 2.19. The molecule has 2 aliphatic rings. The lowest BCUT2D eigenvalue weighted by molar-refractivity contribution is 0.335. The molecule has 0 aromatic carbocycles. The van der Waals surface area contributed by atoms with Crippen LogP contribution in [-0.4, -0.2) is 24.5 Å². The fourth-order valence-corrected chi connectivity index (χ4v) is 2.07. The second-order valence-electron chi connectivity index (χ2n) is 3.74. The molecule has 62 valence electrons. The molecular formula is C10H17N. The van der Waals surface area contributed by atoms with Gasteiger partial charge in [-0.05, 0) is 32.2 Å². The van der Waals surface area contributed by atoms with Gasteiger partial charge in [0, 0.05) is 13.1 Å². The summed E-state index contributed by atoms with van der Waals surface area (Å²) in [5, 5.41) is 0. The van der Waals surface area contributed by atoms with E-state index in [1.54, 1.807) is 5.57 Å². The van der Waals surface area contributed by atoms with E-state index in [0.717, 1.165) is 0 Å². The molecule has 0 radical (unpaired) electrons. The van der Waals surface area contributed by atoms with Crippen LogP contribution in [0.4, 0.5) is 0 Å². The summed E-state index contributed by atoms with van der Waals surface area (Å²) in [4.78, 5) is 2.59. The van der Waals surface area contributed by atoms with Crippen LogP contribution in [0.25, 0.3) is 0 Å². The monoisotopic (exact) mass is 151 g/mol. The molecule has 0 saturated carbocycles. The van der Waals surface area contributed by atoms with Crippen molar-refractivity contribution in [3.63, 3.8) is 0 Å². The summed E-state index contributed by atoms with van der Waals surface area (Å²) in [6.45, 7) is 3.95. The molecule has 1 atom stereocenters. The van der Waals surface area contributed by atoms with Gasteiger partial charge >= 0.3 is 0 Å². The Morgan fingerprint density at radius 2 is 2.09 bits per heavy atom. The highest BCUT2D eigenvalue weighted by atomic mass is 15.1. The van der Waals surface area contributed by atoms with Crippen LogP contribution in [0.2, 0.25) is 0 Å². The third-order valence-corrected chi connectivity index (χ3v) is 2.79. The minimum absolute atomic E-state index is 1.28. The topological polar surface area (TPSA) is 3.24 Å². The number of hydrogen-bond acceptors (Lipinski definition) is 1. The normalized spacial score (nSPS) is 36.7. The fourth-order valence-electron chi connectivity index (χ4n) is 2.07. The van der Waals surface area contributed by atoms with Crippen molar-refractivity contribution in [2.24, 2.45) is 0 Å². The van der Waals surface area contributed by atoms with Crippen molar-refractivity contribution in [1.29, 1.82) is 0 Å². The lowest BCUT2D eigenvalue weighted by atomic mass is 10.1. The van der Waals surface area contributed by atoms with E-state index in [9.17, 15) is 0 Å². The van der Waals surface area contributed by atoms with Crippen LogP contribution in [0.15, 0.2) is 11.6 Å². The smallest absolute Gasteiger partial charge is 0.0193 e.